The van der Waals surface area contributed by atoms with E-state index in [4.69, 9.17) is 0 Å². The molecule has 2 N–H and O–H groups in total. The number of likely N-dealkylation sites (tertiary alicyclic amines) is 1. The van der Waals surface area contributed by atoms with E-state index in [9.17, 15) is 4.79 Å². The van der Waals surface area contributed by atoms with Gasteiger partial charge in [-0.25, -0.2) is 0 Å². The molecular formula is C12H27Cl2N3O. The van der Waals surface area contributed by atoms with E-state index in [2.05, 4.69) is 29.5 Å². The Morgan fingerprint density at radius 1 is 1.17 bits per heavy atom. The molecule has 1 saturated heterocycles. The van der Waals surface area contributed by atoms with Crippen molar-refractivity contribution in [2.24, 2.45) is 5.92 Å². The summed E-state index contributed by atoms with van der Waals surface area (Å²) in [6.45, 7) is 6.91. The summed E-state index contributed by atoms with van der Waals surface area (Å²) in [5.74, 6) is 0.480. The number of hydrogen-bond acceptors (Lipinski definition) is 3. The van der Waals surface area contributed by atoms with Crippen LogP contribution in [0.15, 0.2) is 0 Å². The second-order valence-corrected chi connectivity index (χ2v) is 4.62. The molecule has 1 aliphatic heterocycles. The number of nitrogens with zero attached hydrogens (tertiary/aromatic N) is 1. The Balaban J connectivity index is 0. The topological polar surface area (TPSA) is 44.4 Å². The van der Waals surface area contributed by atoms with Gasteiger partial charge in [0.05, 0.1) is 0 Å². The van der Waals surface area contributed by atoms with Crippen LogP contribution in [-0.2, 0) is 4.79 Å². The van der Waals surface area contributed by atoms with Crippen molar-refractivity contribution in [2.75, 3.05) is 39.8 Å². The molecule has 0 unspecified atom stereocenters. The Labute approximate surface area is 123 Å². The van der Waals surface area contributed by atoms with Crippen molar-refractivity contribution < 1.29 is 4.79 Å². The van der Waals surface area contributed by atoms with E-state index < -0.39 is 0 Å². The molecule has 6 heteroatoms. The van der Waals surface area contributed by atoms with E-state index in [1.165, 1.54) is 0 Å². The smallest absolute Gasteiger partial charge is 0.223 e. The van der Waals surface area contributed by atoms with Crippen molar-refractivity contribution in [3.8, 4) is 0 Å². The van der Waals surface area contributed by atoms with E-state index >= 15 is 0 Å². The third kappa shape index (κ3) is 8.14. The van der Waals surface area contributed by atoms with Gasteiger partial charge in [-0.15, -0.1) is 24.8 Å². The first kappa shape index (κ1) is 20.3. The lowest BCUT2D eigenvalue weighted by atomic mass is 9.96. The van der Waals surface area contributed by atoms with Gasteiger partial charge in [-0.1, -0.05) is 6.92 Å². The molecule has 0 spiro atoms. The van der Waals surface area contributed by atoms with Crippen LogP contribution >= 0.6 is 24.8 Å². The highest BCUT2D eigenvalue weighted by atomic mass is 35.5. The Morgan fingerprint density at radius 3 is 2.33 bits per heavy atom. The van der Waals surface area contributed by atoms with E-state index in [0.29, 0.717) is 0 Å². The average Bonchev–Trinajstić information content (AvgIpc) is 2.29. The highest BCUT2D eigenvalue weighted by molar-refractivity contribution is 5.85. The molecule has 1 amide bonds. The summed E-state index contributed by atoms with van der Waals surface area (Å²) >= 11 is 0. The number of carbonyl (C=O) groups excluding carboxylic acids is 1. The molecule has 1 rings (SSSR count). The number of rotatable bonds is 6. The Morgan fingerprint density at radius 2 is 1.78 bits per heavy atom. The van der Waals surface area contributed by atoms with Crippen molar-refractivity contribution in [3.05, 3.63) is 0 Å². The standard InChI is InChI=1S/C12H25N3O.2ClH/c1-3-6-13-7-8-14-12(16)11-4-9-15(2)10-5-11;;/h11,13H,3-10H2,1-2H3,(H,14,16);2*1H. The van der Waals surface area contributed by atoms with Crippen LogP contribution in [0.1, 0.15) is 26.2 Å². The molecular weight excluding hydrogens is 273 g/mol. The summed E-state index contributed by atoms with van der Waals surface area (Å²) in [5.41, 5.74) is 0. The maximum absolute atomic E-state index is 11.8. The Bertz CT molecular complexity index is 209. The zero-order valence-corrected chi connectivity index (χ0v) is 13.0. The predicted molar refractivity (Wildman–Crippen MR) is 80.9 cm³/mol. The van der Waals surface area contributed by atoms with E-state index in [1.807, 2.05) is 0 Å². The van der Waals surface area contributed by atoms with E-state index in [-0.39, 0.29) is 36.6 Å². The van der Waals surface area contributed by atoms with Crippen molar-refractivity contribution in [3.63, 3.8) is 0 Å². The van der Waals surface area contributed by atoms with Crippen LogP contribution < -0.4 is 10.6 Å². The molecule has 1 aliphatic rings. The third-order valence-corrected chi connectivity index (χ3v) is 3.12. The first-order chi connectivity index (χ1) is 7.74. The van der Waals surface area contributed by atoms with Gasteiger partial charge in [0, 0.05) is 19.0 Å². The fourth-order valence-corrected chi connectivity index (χ4v) is 1.99. The predicted octanol–water partition coefficient (Wildman–Crippen LogP) is 1.29. The molecule has 0 aliphatic carbocycles. The van der Waals surface area contributed by atoms with Crippen LogP contribution in [0.3, 0.4) is 0 Å². The van der Waals surface area contributed by atoms with Gasteiger partial charge in [0.1, 0.15) is 0 Å². The van der Waals surface area contributed by atoms with Gasteiger partial charge in [-0.2, -0.15) is 0 Å². The minimum Gasteiger partial charge on any atom is -0.355 e. The fraction of sp³-hybridized carbons (Fsp3) is 0.917. The number of nitrogens with one attached hydrogen (secondary N) is 2. The normalized spacial score (nSPS) is 16.6. The number of carbonyl (C=O) groups is 1. The molecule has 0 aromatic heterocycles. The highest BCUT2D eigenvalue weighted by Gasteiger charge is 2.22. The quantitative estimate of drug-likeness (QED) is 0.727. The van der Waals surface area contributed by atoms with Crippen LogP contribution in [0.5, 0.6) is 0 Å². The maximum atomic E-state index is 11.8. The van der Waals surface area contributed by atoms with E-state index in [0.717, 1.165) is 52.0 Å². The highest BCUT2D eigenvalue weighted by Crippen LogP contribution is 2.15. The van der Waals surface area contributed by atoms with Crippen LogP contribution in [-0.4, -0.2) is 50.6 Å². The summed E-state index contributed by atoms with van der Waals surface area (Å²) in [7, 11) is 2.11. The third-order valence-electron chi connectivity index (χ3n) is 3.12. The largest absolute Gasteiger partial charge is 0.355 e. The molecule has 0 aromatic carbocycles. The molecule has 18 heavy (non-hydrogen) atoms. The Kier molecular flexibility index (Phi) is 13.6. The lowest BCUT2D eigenvalue weighted by Crippen LogP contribution is -2.41. The molecule has 0 atom stereocenters. The number of piperidine rings is 1. The summed E-state index contributed by atoms with van der Waals surface area (Å²) in [6.07, 6.45) is 3.15. The Hall–Kier alpha value is -0.0300. The zero-order valence-electron chi connectivity index (χ0n) is 11.4. The summed E-state index contributed by atoms with van der Waals surface area (Å²) in [5, 5.41) is 6.28. The van der Waals surface area contributed by atoms with Gasteiger partial charge in [0.25, 0.3) is 0 Å². The monoisotopic (exact) mass is 299 g/mol. The van der Waals surface area contributed by atoms with Gasteiger partial charge in [0.2, 0.25) is 5.91 Å². The summed E-state index contributed by atoms with van der Waals surface area (Å²) < 4.78 is 0. The number of halogens is 2. The molecule has 4 nitrogen and oxygen atoms in total. The van der Waals surface area contributed by atoms with Crippen molar-refractivity contribution in [1.29, 1.82) is 0 Å². The molecule has 0 saturated carbocycles. The van der Waals surface area contributed by atoms with Crippen molar-refractivity contribution >= 4 is 30.7 Å². The minimum atomic E-state index is 0. The van der Waals surface area contributed by atoms with E-state index in [1.54, 1.807) is 0 Å². The van der Waals surface area contributed by atoms with Crippen LogP contribution in [0.25, 0.3) is 0 Å². The SMILES string of the molecule is CCCNCCNC(=O)C1CCN(C)CC1.Cl.Cl. The van der Waals surface area contributed by atoms with Gasteiger partial charge < -0.3 is 15.5 Å². The van der Waals surface area contributed by atoms with Crippen molar-refractivity contribution in [1.82, 2.24) is 15.5 Å². The molecule has 0 radical (unpaired) electrons. The molecule has 0 bridgehead atoms. The van der Waals surface area contributed by atoms with Gasteiger partial charge in [0.15, 0.2) is 0 Å². The van der Waals surface area contributed by atoms with Crippen LogP contribution in [0.2, 0.25) is 0 Å². The van der Waals surface area contributed by atoms with Crippen LogP contribution in [0.4, 0.5) is 0 Å². The summed E-state index contributed by atoms with van der Waals surface area (Å²) in [6, 6.07) is 0. The summed E-state index contributed by atoms with van der Waals surface area (Å²) in [4.78, 5) is 14.1. The average molecular weight is 300 g/mol. The molecule has 0 aromatic rings. The molecule has 110 valence electrons. The number of hydrogen-bond donors (Lipinski definition) is 2. The first-order valence-corrected chi connectivity index (χ1v) is 6.41. The lowest BCUT2D eigenvalue weighted by Gasteiger charge is -2.28. The van der Waals surface area contributed by atoms with Gasteiger partial charge >= 0.3 is 0 Å². The zero-order chi connectivity index (χ0) is 11.8. The maximum Gasteiger partial charge on any atom is 0.223 e. The first-order valence-electron chi connectivity index (χ1n) is 6.41. The number of amides is 1. The second kappa shape index (κ2) is 12.0. The fourth-order valence-electron chi connectivity index (χ4n) is 1.99. The lowest BCUT2D eigenvalue weighted by molar-refractivity contribution is -0.126. The van der Waals surface area contributed by atoms with Gasteiger partial charge in [-0.05, 0) is 45.9 Å². The van der Waals surface area contributed by atoms with Crippen molar-refractivity contribution in [2.45, 2.75) is 26.2 Å². The van der Waals surface area contributed by atoms with Gasteiger partial charge in [-0.3, -0.25) is 4.79 Å². The molecule has 1 heterocycles. The second-order valence-electron chi connectivity index (χ2n) is 4.62. The minimum absolute atomic E-state index is 0. The molecule has 1 fully saturated rings. The van der Waals surface area contributed by atoms with Crippen LogP contribution in [0, 0.1) is 5.92 Å².